The van der Waals surface area contributed by atoms with Gasteiger partial charge in [-0.2, -0.15) is 9.30 Å². The minimum Gasteiger partial charge on any atom is -0.465 e. The highest BCUT2D eigenvalue weighted by Crippen LogP contribution is 2.23. The molecule has 0 aliphatic rings. The van der Waals surface area contributed by atoms with Crippen LogP contribution in [0.1, 0.15) is 45.0 Å². The molecular weight excluding hydrogens is 578 g/mol. The molecule has 37 heavy (non-hydrogen) atoms. The van der Waals surface area contributed by atoms with Crippen molar-refractivity contribution in [2.45, 2.75) is 46.1 Å². The smallest absolute Gasteiger partial charge is 0.326 e. The molecule has 0 spiro atoms. The quantitative estimate of drug-likeness (QED) is 0.299. The summed E-state index contributed by atoms with van der Waals surface area (Å²) in [5.74, 6) is -0.609. The number of thiazole rings is 1. The summed E-state index contributed by atoms with van der Waals surface area (Å²) in [5.41, 5.74) is 1.00. The molecule has 0 radical (unpaired) electrons. The first-order chi connectivity index (χ1) is 17.4. The molecule has 200 valence electrons. The SMILES string of the molecule is CCOC(=O)Cn1c(=NC(=O)c2ccc(S(=O)(=O)N(CC(C)C)CC(C)C)cc2)sc2cc(Br)ccc21. The standard InChI is InChI=1S/C26H32BrN3O5S2/c1-6-35-24(31)16-30-22-12-9-20(27)13-23(22)36-26(30)28-25(32)19-7-10-21(11-8-19)37(33,34)29(14-17(2)3)15-18(4)5/h7-13,17-18H,6,14-16H2,1-5H3. The molecule has 0 saturated heterocycles. The molecule has 0 aliphatic carbocycles. The zero-order valence-corrected chi connectivity index (χ0v) is 24.8. The van der Waals surface area contributed by atoms with Crippen LogP contribution in [0.15, 0.2) is 56.8 Å². The normalized spacial score (nSPS) is 12.7. The van der Waals surface area contributed by atoms with Crippen LogP contribution in [-0.4, -0.2) is 48.9 Å². The molecule has 2 aromatic carbocycles. The van der Waals surface area contributed by atoms with Gasteiger partial charge in [-0.3, -0.25) is 9.59 Å². The molecule has 0 N–H and O–H groups in total. The van der Waals surface area contributed by atoms with Crippen LogP contribution in [0.5, 0.6) is 0 Å². The molecule has 1 amide bonds. The lowest BCUT2D eigenvalue weighted by Gasteiger charge is -2.25. The zero-order chi connectivity index (χ0) is 27.3. The fraction of sp³-hybridized carbons (Fsp3) is 0.423. The molecule has 0 bridgehead atoms. The van der Waals surface area contributed by atoms with Crippen LogP contribution in [0.25, 0.3) is 10.2 Å². The van der Waals surface area contributed by atoms with Gasteiger partial charge in [0.1, 0.15) is 6.54 Å². The van der Waals surface area contributed by atoms with Crippen molar-refractivity contribution in [3.05, 3.63) is 57.3 Å². The van der Waals surface area contributed by atoms with E-state index in [2.05, 4.69) is 20.9 Å². The molecule has 0 fully saturated rings. The van der Waals surface area contributed by atoms with Gasteiger partial charge in [0.15, 0.2) is 4.80 Å². The Hall–Kier alpha value is -2.34. The van der Waals surface area contributed by atoms with Crippen LogP contribution >= 0.6 is 27.3 Å². The maximum absolute atomic E-state index is 13.3. The first-order valence-electron chi connectivity index (χ1n) is 12.1. The summed E-state index contributed by atoms with van der Waals surface area (Å²) >= 11 is 4.72. The first-order valence-corrected chi connectivity index (χ1v) is 15.1. The number of nitrogens with zero attached hydrogens (tertiary/aromatic N) is 3. The minimum atomic E-state index is -3.71. The van der Waals surface area contributed by atoms with E-state index in [1.54, 1.807) is 11.5 Å². The molecule has 3 aromatic rings. The number of sulfonamides is 1. The number of rotatable bonds is 10. The summed E-state index contributed by atoms with van der Waals surface area (Å²) in [5, 5.41) is 0. The van der Waals surface area contributed by atoms with Crippen molar-refractivity contribution in [1.29, 1.82) is 0 Å². The summed E-state index contributed by atoms with van der Waals surface area (Å²) in [4.78, 5) is 30.0. The third-order valence-corrected chi connectivity index (χ3v) is 8.69. The molecular formula is C26H32BrN3O5S2. The second-order valence-electron chi connectivity index (χ2n) is 9.44. The van der Waals surface area contributed by atoms with Crippen molar-refractivity contribution in [1.82, 2.24) is 8.87 Å². The average Bonchev–Trinajstić information content (AvgIpc) is 3.13. The topological polar surface area (TPSA) is 98.0 Å². The average molecular weight is 611 g/mol. The number of aromatic nitrogens is 1. The number of halogens is 1. The van der Waals surface area contributed by atoms with E-state index < -0.39 is 21.9 Å². The van der Waals surface area contributed by atoms with Crippen molar-refractivity contribution in [2.75, 3.05) is 19.7 Å². The lowest BCUT2D eigenvalue weighted by Crippen LogP contribution is -2.37. The third kappa shape index (κ3) is 7.37. The maximum Gasteiger partial charge on any atom is 0.326 e. The number of carbonyl (C=O) groups is 2. The number of hydrogen-bond donors (Lipinski definition) is 0. The van der Waals surface area contributed by atoms with Gasteiger partial charge in [0.05, 0.1) is 21.7 Å². The summed E-state index contributed by atoms with van der Waals surface area (Å²) in [6.45, 7) is 10.6. The molecule has 8 nitrogen and oxygen atoms in total. The van der Waals surface area contributed by atoms with Gasteiger partial charge >= 0.3 is 5.97 Å². The Morgan fingerprint density at radius 3 is 2.24 bits per heavy atom. The highest BCUT2D eigenvalue weighted by molar-refractivity contribution is 9.10. The van der Waals surface area contributed by atoms with Gasteiger partial charge in [-0.25, -0.2) is 8.42 Å². The molecule has 11 heteroatoms. The number of benzene rings is 2. The van der Waals surface area contributed by atoms with Crippen LogP contribution in [-0.2, 0) is 26.1 Å². The highest BCUT2D eigenvalue weighted by Gasteiger charge is 2.26. The third-order valence-electron chi connectivity index (χ3n) is 5.31. The number of carbonyl (C=O) groups excluding carboxylic acids is 2. The highest BCUT2D eigenvalue weighted by atomic mass is 79.9. The van der Waals surface area contributed by atoms with Crippen molar-refractivity contribution in [3.63, 3.8) is 0 Å². The number of amides is 1. The lowest BCUT2D eigenvalue weighted by atomic mass is 10.2. The Balaban J connectivity index is 1.96. The maximum atomic E-state index is 13.3. The Bertz CT molecular complexity index is 1430. The molecule has 0 unspecified atom stereocenters. The predicted molar refractivity (Wildman–Crippen MR) is 149 cm³/mol. The van der Waals surface area contributed by atoms with Gasteiger partial charge in [0, 0.05) is 23.1 Å². The van der Waals surface area contributed by atoms with E-state index in [9.17, 15) is 18.0 Å². The van der Waals surface area contributed by atoms with E-state index >= 15 is 0 Å². The van der Waals surface area contributed by atoms with Gasteiger partial charge in [-0.05, 0) is 61.2 Å². The van der Waals surface area contributed by atoms with Gasteiger partial charge in [-0.15, -0.1) is 0 Å². The van der Waals surface area contributed by atoms with E-state index in [0.29, 0.717) is 17.9 Å². The molecule has 1 heterocycles. The van der Waals surface area contributed by atoms with Crippen LogP contribution in [0.4, 0.5) is 0 Å². The van der Waals surface area contributed by atoms with E-state index in [1.807, 2.05) is 45.9 Å². The fourth-order valence-corrected chi connectivity index (χ4v) is 7.12. The van der Waals surface area contributed by atoms with Crippen molar-refractivity contribution in [3.8, 4) is 0 Å². The fourth-order valence-electron chi connectivity index (χ4n) is 3.78. The molecule has 0 aliphatic heterocycles. The Kier molecular flexibility index (Phi) is 9.85. The minimum absolute atomic E-state index is 0.0830. The van der Waals surface area contributed by atoms with Crippen LogP contribution in [0, 0.1) is 11.8 Å². The number of fused-ring (bicyclic) bond motifs is 1. The van der Waals surface area contributed by atoms with Gasteiger partial charge in [0.2, 0.25) is 10.0 Å². The largest absolute Gasteiger partial charge is 0.465 e. The Morgan fingerprint density at radius 1 is 1.05 bits per heavy atom. The number of ether oxygens (including phenoxy) is 1. The van der Waals surface area contributed by atoms with E-state index in [-0.39, 0.29) is 35.4 Å². The zero-order valence-electron chi connectivity index (χ0n) is 21.6. The van der Waals surface area contributed by atoms with Gasteiger partial charge in [-0.1, -0.05) is 55.0 Å². The van der Waals surface area contributed by atoms with E-state index in [1.165, 1.54) is 39.9 Å². The van der Waals surface area contributed by atoms with Crippen LogP contribution in [0.2, 0.25) is 0 Å². The second kappa shape index (κ2) is 12.5. The molecule has 1 aromatic heterocycles. The molecule has 0 atom stereocenters. The summed E-state index contributed by atoms with van der Waals surface area (Å²) in [6, 6.07) is 11.4. The van der Waals surface area contributed by atoms with E-state index in [4.69, 9.17) is 4.74 Å². The van der Waals surface area contributed by atoms with Crippen molar-refractivity contribution >= 4 is 59.4 Å². The van der Waals surface area contributed by atoms with Gasteiger partial charge in [0.25, 0.3) is 5.91 Å². The number of esters is 1. The predicted octanol–water partition coefficient (Wildman–Crippen LogP) is 5.07. The van der Waals surface area contributed by atoms with Crippen molar-refractivity contribution < 1.29 is 22.7 Å². The van der Waals surface area contributed by atoms with Crippen LogP contribution < -0.4 is 4.80 Å². The van der Waals surface area contributed by atoms with Crippen LogP contribution in [0.3, 0.4) is 0 Å². The summed E-state index contributed by atoms with van der Waals surface area (Å²) in [7, 11) is -3.71. The Labute approximate surface area is 230 Å². The second-order valence-corrected chi connectivity index (χ2v) is 13.3. The monoisotopic (exact) mass is 609 g/mol. The number of hydrogen-bond acceptors (Lipinski definition) is 6. The summed E-state index contributed by atoms with van der Waals surface area (Å²) < 4.78 is 36.5. The Morgan fingerprint density at radius 2 is 1.68 bits per heavy atom. The van der Waals surface area contributed by atoms with Crippen molar-refractivity contribution in [2.24, 2.45) is 16.8 Å². The molecule has 0 saturated carbocycles. The van der Waals surface area contributed by atoms with E-state index in [0.717, 1.165) is 14.7 Å². The van der Waals surface area contributed by atoms with Gasteiger partial charge < -0.3 is 9.30 Å². The lowest BCUT2D eigenvalue weighted by molar-refractivity contribution is -0.143. The first kappa shape index (κ1) is 29.2. The summed E-state index contributed by atoms with van der Waals surface area (Å²) in [6.07, 6.45) is 0. The molecule has 3 rings (SSSR count).